The van der Waals surface area contributed by atoms with Crippen molar-refractivity contribution in [3.05, 3.63) is 118 Å². The number of halogens is 1. The molecule has 3 amide bonds. The van der Waals surface area contributed by atoms with Crippen molar-refractivity contribution >= 4 is 57.6 Å². The number of aryl methyl sites for hydroxylation is 1. The molecule has 1 heterocycles. The van der Waals surface area contributed by atoms with Crippen LogP contribution in [0.4, 0.5) is 15.1 Å². The lowest BCUT2D eigenvalue weighted by molar-refractivity contribution is -0.114. The van der Waals surface area contributed by atoms with E-state index in [9.17, 15) is 24.0 Å². The van der Waals surface area contributed by atoms with Gasteiger partial charge in [0.2, 0.25) is 5.91 Å². The summed E-state index contributed by atoms with van der Waals surface area (Å²) in [6, 6.07) is 23.5. The molecule has 0 bridgehead atoms. The highest BCUT2D eigenvalue weighted by Gasteiger charge is 2.22. The Hall–Kier alpha value is -4.72. The first-order valence-electron chi connectivity index (χ1n) is 13.6. The molecule has 5 rings (SSSR count). The number of thioether (sulfide) groups is 1. The summed E-state index contributed by atoms with van der Waals surface area (Å²) in [5.74, 6) is -1.81. The van der Waals surface area contributed by atoms with Gasteiger partial charge in [0.1, 0.15) is 22.6 Å². The topological polar surface area (TPSA) is 111 Å². The van der Waals surface area contributed by atoms with Crippen LogP contribution in [0.2, 0.25) is 0 Å². The van der Waals surface area contributed by atoms with Crippen molar-refractivity contribution in [2.24, 2.45) is 0 Å². The molecular weight excluding hydrogens is 584 g/mol. The van der Waals surface area contributed by atoms with Crippen LogP contribution in [0.15, 0.2) is 89.5 Å². The zero-order valence-electron chi connectivity index (χ0n) is 23.0. The van der Waals surface area contributed by atoms with Crippen LogP contribution in [-0.4, -0.2) is 23.5 Å². The highest BCUT2D eigenvalue weighted by molar-refractivity contribution is 8.00. The Kier molecular flexibility index (Phi) is 9.66. The molecule has 43 heavy (non-hydrogen) atoms. The van der Waals surface area contributed by atoms with E-state index in [1.807, 2.05) is 6.07 Å². The van der Waals surface area contributed by atoms with Gasteiger partial charge >= 0.3 is 0 Å². The average molecular weight is 611 g/mol. The summed E-state index contributed by atoms with van der Waals surface area (Å²) in [4.78, 5) is 40.8. The molecule has 0 saturated carbocycles. The maximum absolute atomic E-state index is 14.4. The third kappa shape index (κ3) is 7.57. The van der Waals surface area contributed by atoms with Crippen LogP contribution in [0, 0.1) is 17.1 Å². The van der Waals surface area contributed by atoms with E-state index in [0.717, 1.165) is 36.1 Å². The van der Waals surface area contributed by atoms with Gasteiger partial charge in [0.25, 0.3) is 11.8 Å². The Labute approximate surface area is 256 Å². The molecule has 1 aliphatic carbocycles. The zero-order valence-corrected chi connectivity index (χ0v) is 24.6. The van der Waals surface area contributed by atoms with Crippen LogP contribution in [0.25, 0.3) is 6.08 Å². The van der Waals surface area contributed by atoms with E-state index in [2.05, 4.69) is 22.0 Å². The molecule has 0 saturated heterocycles. The van der Waals surface area contributed by atoms with E-state index >= 15 is 0 Å². The molecule has 216 valence electrons. The fourth-order valence-corrected chi connectivity index (χ4v) is 6.65. The number of benzene rings is 3. The Bertz CT molecular complexity index is 1740. The van der Waals surface area contributed by atoms with Gasteiger partial charge in [-0.15, -0.1) is 23.1 Å². The standard InChI is InChI=1S/C33H27FN4O3S2/c34-27-15-6-4-11-22(27)17-28(37-31(40)21-9-2-1-3-10-21)32(41)36-23-12-8-13-24(18-23)42-20-30(39)38-33-26(19-35)25-14-5-7-16-29(25)43-33/h1-4,6,8-13,15,17-18H,5,7,14,16,20H2,(H,36,41)(H,37,40)(H,38,39)/b28-17-. The summed E-state index contributed by atoms with van der Waals surface area (Å²) >= 11 is 2.77. The van der Waals surface area contributed by atoms with Crippen LogP contribution < -0.4 is 16.0 Å². The summed E-state index contributed by atoms with van der Waals surface area (Å²) in [5, 5.41) is 18.5. The zero-order chi connectivity index (χ0) is 30.2. The van der Waals surface area contributed by atoms with Gasteiger partial charge in [-0.3, -0.25) is 14.4 Å². The minimum Gasteiger partial charge on any atom is -0.321 e. The van der Waals surface area contributed by atoms with Gasteiger partial charge in [-0.2, -0.15) is 5.26 Å². The molecule has 3 aromatic carbocycles. The highest BCUT2D eigenvalue weighted by Crippen LogP contribution is 2.37. The summed E-state index contributed by atoms with van der Waals surface area (Å²) < 4.78 is 14.4. The molecule has 4 aromatic rings. The molecule has 0 radical (unpaired) electrons. The molecule has 0 fully saturated rings. The highest BCUT2D eigenvalue weighted by atomic mass is 32.2. The van der Waals surface area contributed by atoms with E-state index in [4.69, 9.17) is 0 Å². The second kappa shape index (κ2) is 14.0. The largest absolute Gasteiger partial charge is 0.321 e. The van der Waals surface area contributed by atoms with Crippen LogP contribution >= 0.6 is 23.1 Å². The van der Waals surface area contributed by atoms with Gasteiger partial charge in [0, 0.05) is 26.6 Å². The number of rotatable bonds is 9. The Balaban J connectivity index is 1.26. The smallest absolute Gasteiger partial charge is 0.272 e. The van der Waals surface area contributed by atoms with E-state index in [1.54, 1.807) is 54.6 Å². The molecule has 1 aromatic heterocycles. The number of thiophene rings is 1. The molecular formula is C33H27FN4O3S2. The summed E-state index contributed by atoms with van der Waals surface area (Å²) in [6.45, 7) is 0. The van der Waals surface area contributed by atoms with E-state index < -0.39 is 17.6 Å². The van der Waals surface area contributed by atoms with Crippen molar-refractivity contribution in [1.29, 1.82) is 5.26 Å². The van der Waals surface area contributed by atoms with Gasteiger partial charge in [-0.1, -0.05) is 42.5 Å². The first-order chi connectivity index (χ1) is 20.9. The lowest BCUT2D eigenvalue weighted by atomic mass is 9.96. The summed E-state index contributed by atoms with van der Waals surface area (Å²) in [7, 11) is 0. The van der Waals surface area contributed by atoms with Gasteiger partial charge in [0.05, 0.1) is 11.3 Å². The summed E-state index contributed by atoms with van der Waals surface area (Å²) in [5.41, 5.74) is 2.42. The molecule has 10 heteroatoms. The van der Waals surface area contributed by atoms with Crippen LogP contribution in [0.3, 0.4) is 0 Å². The molecule has 1 aliphatic rings. The van der Waals surface area contributed by atoms with Gasteiger partial charge in [-0.25, -0.2) is 4.39 Å². The molecule has 0 spiro atoms. The van der Waals surface area contributed by atoms with Crippen molar-refractivity contribution < 1.29 is 18.8 Å². The molecule has 0 unspecified atom stereocenters. The number of anilines is 2. The SMILES string of the molecule is N#Cc1c(NC(=O)CSc2cccc(NC(=O)/C(=C/c3ccccc3F)NC(=O)c3ccccc3)c2)sc2c1CCCC2. The molecule has 0 atom stereocenters. The number of nitrogens with zero attached hydrogens (tertiary/aromatic N) is 1. The third-order valence-corrected chi connectivity index (χ3v) is 8.93. The average Bonchev–Trinajstić information content (AvgIpc) is 3.38. The molecule has 3 N–H and O–H groups in total. The lowest BCUT2D eigenvalue weighted by Gasteiger charge is -2.12. The van der Waals surface area contributed by atoms with Gasteiger partial charge in [0.15, 0.2) is 0 Å². The minimum atomic E-state index is -0.641. The number of hydrogen-bond acceptors (Lipinski definition) is 6. The first kappa shape index (κ1) is 29.8. The van der Waals surface area contributed by atoms with Crippen molar-refractivity contribution in [2.45, 2.75) is 30.6 Å². The monoisotopic (exact) mass is 610 g/mol. The van der Waals surface area contributed by atoms with Crippen LogP contribution in [0.1, 0.15) is 44.8 Å². The van der Waals surface area contributed by atoms with Gasteiger partial charge in [-0.05, 0) is 73.7 Å². The lowest BCUT2D eigenvalue weighted by Crippen LogP contribution is -2.30. The van der Waals surface area contributed by atoms with Crippen molar-refractivity contribution in [3.63, 3.8) is 0 Å². The first-order valence-corrected chi connectivity index (χ1v) is 15.4. The van der Waals surface area contributed by atoms with Crippen molar-refractivity contribution in [2.75, 3.05) is 16.4 Å². The quantitative estimate of drug-likeness (QED) is 0.143. The predicted octanol–water partition coefficient (Wildman–Crippen LogP) is 6.78. The number of nitriles is 1. The molecule has 0 aliphatic heterocycles. The second-order valence-electron chi connectivity index (χ2n) is 9.75. The number of fused-ring (bicyclic) bond motifs is 1. The number of carbonyl (C=O) groups excluding carboxylic acids is 3. The Morgan fingerprint density at radius 3 is 2.51 bits per heavy atom. The van der Waals surface area contributed by atoms with Crippen molar-refractivity contribution in [3.8, 4) is 6.07 Å². The maximum atomic E-state index is 14.4. The molecule has 7 nitrogen and oxygen atoms in total. The van der Waals surface area contributed by atoms with Crippen LogP contribution in [-0.2, 0) is 22.4 Å². The predicted molar refractivity (Wildman–Crippen MR) is 168 cm³/mol. The number of nitrogens with one attached hydrogen (secondary N) is 3. The minimum absolute atomic E-state index is 0.108. The van der Waals surface area contributed by atoms with E-state index in [1.165, 1.54) is 52.3 Å². The second-order valence-corrected chi connectivity index (χ2v) is 11.9. The Morgan fingerprint density at radius 2 is 1.72 bits per heavy atom. The van der Waals surface area contributed by atoms with E-state index in [-0.39, 0.29) is 22.9 Å². The van der Waals surface area contributed by atoms with E-state index in [0.29, 0.717) is 21.8 Å². The number of hydrogen-bond donors (Lipinski definition) is 3. The Morgan fingerprint density at radius 1 is 0.953 bits per heavy atom. The normalized spacial score (nSPS) is 12.5. The summed E-state index contributed by atoms with van der Waals surface area (Å²) in [6.07, 6.45) is 5.23. The fraction of sp³-hybridized carbons (Fsp3) is 0.152. The number of amides is 3. The van der Waals surface area contributed by atoms with Gasteiger partial charge < -0.3 is 16.0 Å². The maximum Gasteiger partial charge on any atom is 0.272 e. The third-order valence-electron chi connectivity index (χ3n) is 6.73. The number of carbonyl (C=O) groups is 3. The fourth-order valence-electron chi connectivity index (χ4n) is 4.64. The van der Waals surface area contributed by atoms with Crippen LogP contribution in [0.5, 0.6) is 0 Å². The van der Waals surface area contributed by atoms with Crippen molar-refractivity contribution in [1.82, 2.24) is 5.32 Å².